The Labute approximate surface area is 195 Å². The molecule has 0 aliphatic heterocycles. The number of aromatic nitrogens is 2. The van der Waals surface area contributed by atoms with Gasteiger partial charge in [0.15, 0.2) is 5.82 Å². The second-order valence-corrected chi connectivity index (χ2v) is 7.81. The number of halogens is 1. The molecule has 8 N–H and O–H groups in total. The number of nitrogens with zero attached hydrogens (tertiary/aromatic N) is 2. The Morgan fingerprint density at radius 2 is 1.76 bits per heavy atom. The lowest BCUT2D eigenvalue weighted by molar-refractivity contribution is -0.121. The summed E-state index contributed by atoms with van der Waals surface area (Å²) in [5.41, 5.74) is 18.8. The SMILES string of the molecule is Cc1c(N)cncc1-c1cc2cc(NC(=O)CCNC(=O)CCCC(N)=O)ncc2c(N)c1F. The minimum atomic E-state index is -0.604. The highest BCUT2D eigenvalue weighted by Crippen LogP contribution is 2.35. The third kappa shape index (κ3) is 5.74. The number of amides is 3. The van der Waals surface area contributed by atoms with Crippen LogP contribution in [-0.4, -0.2) is 34.2 Å². The molecule has 11 heteroatoms. The smallest absolute Gasteiger partial charge is 0.227 e. The predicted octanol–water partition coefficient (Wildman–Crippen LogP) is 2.01. The van der Waals surface area contributed by atoms with Gasteiger partial charge in [-0.05, 0) is 36.4 Å². The molecule has 0 fully saturated rings. The normalized spacial score (nSPS) is 10.8. The summed E-state index contributed by atoms with van der Waals surface area (Å²) in [6.07, 6.45) is 5.05. The maximum Gasteiger partial charge on any atom is 0.227 e. The number of hydrogen-bond donors (Lipinski definition) is 5. The van der Waals surface area contributed by atoms with Crippen LogP contribution in [0.25, 0.3) is 21.9 Å². The molecular weight excluding hydrogens is 441 g/mol. The van der Waals surface area contributed by atoms with Gasteiger partial charge in [0.1, 0.15) is 5.82 Å². The maximum absolute atomic E-state index is 15.0. The molecule has 0 spiro atoms. The number of primary amides is 1. The third-order valence-corrected chi connectivity index (χ3v) is 5.31. The first-order valence-electron chi connectivity index (χ1n) is 10.6. The van der Waals surface area contributed by atoms with Crippen molar-refractivity contribution in [2.75, 3.05) is 23.3 Å². The van der Waals surface area contributed by atoms with E-state index in [-0.39, 0.29) is 54.7 Å². The van der Waals surface area contributed by atoms with Crippen LogP contribution in [0, 0.1) is 12.7 Å². The monoisotopic (exact) mass is 467 g/mol. The molecule has 10 nitrogen and oxygen atoms in total. The number of nitrogen functional groups attached to an aromatic ring is 2. The molecule has 3 amide bonds. The molecule has 3 rings (SSSR count). The fraction of sp³-hybridized carbons (Fsp3) is 0.261. The standard InChI is InChI=1S/C23H26FN7O3/c1-12-15(9-28-11-17(12)25)14-7-13-8-19(30-10-16(13)23(27)22(14)24)31-21(34)5-6-29-20(33)4-2-3-18(26)32/h7-11H,2-6,25,27H2,1H3,(H2,26,32)(H,29,33)(H,30,31,34). The molecule has 0 saturated carbocycles. The molecular formula is C23H26FN7O3. The highest BCUT2D eigenvalue weighted by atomic mass is 19.1. The highest BCUT2D eigenvalue weighted by Gasteiger charge is 2.17. The minimum Gasteiger partial charge on any atom is -0.397 e. The molecule has 2 aromatic heterocycles. The van der Waals surface area contributed by atoms with E-state index in [0.717, 1.165) is 0 Å². The average Bonchev–Trinajstić information content (AvgIpc) is 2.78. The Morgan fingerprint density at radius 3 is 2.50 bits per heavy atom. The molecule has 3 aromatic rings. The van der Waals surface area contributed by atoms with Crippen LogP contribution >= 0.6 is 0 Å². The first kappa shape index (κ1) is 24.4. The van der Waals surface area contributed by atoms with Crippen molar-refractivity contribution >= 4 is 45.7 Å². The van der Waals surface area contributed by atoms with Crippen LogP contribution in [0.5, 0.6) is 0 Å². The number of carbonyl (C=O) groups excluding carboxylic acids is 3. The molecule has 2 heterocycles. The summed E-state index contributed by atoms with van der Waals surface area (Å²) in [6.45, 7) is 1.89. The Bertz CT molecular complexity index is 1260. The second kappa shape index (κ2) is 10.6. The van der Waals surface area contributed by atoms with Crippen molar-refractivity contribution in [3.63, 3.8) is 0 Å². The van der Waals surface area contributed by atoms with Gasteiger partial charge in [-0.2, -0.15) is 0 Å². The molecule has 0 aliphatic carbocycles. The second-order valence-electron chi connectivity index (χ2n) is 7.81. The van der Waals surface area contributed by atoms with Crippen LogP contribution in [0.15, 0.2) is 30.7 Å². The third-order valence-electron chi connectivity index (χ3n) is 5.31. The van der Waals surface area contributed by atoms with E-state index in [1.807, 2.05) is 0 Å². The number of pyridine rings is 2. The van der Waals surface area contributed by atoms with Gasteiger partial charge in [0.25, 0.3) is 0 Å². The largest absolute Gasteiger partial charge is 0.397 e. The molecule has 0 unspecified atom stereocenters. The molecule has 0 bridgehead atoms. The first-order valence-corrected chi connectivity index (χ1v) is 10.6. The lowest BCUT2D eigenvalue weighted by atomic mass is 9.97. The summed E-state index contributed by atoms with van der Waals surface area (Å²) < 4.78 is 15.0. The predicted molar refractivity (Wildman–Crippen MR) is 128 cm³/mol. The fourth-order valence-corrected chi connectivity index (χ4v) is 3.41. The van der Waals surface area contributed by atoms with Crippen molar-refractivity contribution in [3.8, 4) is 11.1 Å². The van der Waals surface area contributed by atoms with Gasteiger partial charge in [0, 0.05) is 54.7 Å². The lowest BCUT2D eigenvalue weighted by Crippen LogP contribution is -2.27. The number of benzene rings is 1. The highest BCUT2D eigenvalue weighted by molar-refractivity contribution is 6.00. The number of carbonyl (C=O) groups is 3. The van der Waals surface area contributed by atoms with Crippen molar-refractivity contribution in [2.24, 2.45) is 5.73 Å². The maximum atomic E-state index is 15.0. The van der Waals surface area contributed by atoms with E-state index < -0.39 is 11.7 Å². The number of hydrogen-bond acceptors (Lipinski definition) is 7. The van der Waals surface area contributed by atoms with Crippen molar-refractivity contribution in [2.45, 2.75) is 32.6 Å². The number of fused-ring (bicyclic) bond motifs is 1. The van der Waals surface area contributed by atoms with Crippen LogP contribution in [-0.2, 0) is 14.4 Å². The molecule has 178 valence electrons. The van der Waals surface area contributed by atoms with Crippen molar-refractivity contribution in [1.29, 1.82) is 0 Å². The lowest BCUT2D eigenvalue weighted by Gasteiger charge is -2.13. The van der Waals surface area contributed by atoms with E-state index in [9.17, 15) is 14.4 Å². The summed E-state index contributed by atoms with van der Waals surface area (Å²) in [7, 11) is 0. The molecule has 1 aromatic carbocycles. The van der Waals surface area contributed by atoms with Gasteiger partial charge in [-0.3, -0.25) is 19.4 Å². The van der Waals surface area contributed by atoms with Crippen molar-refractivity contribution < 1.29 is 18.8 Å². The molecule has 0 atom stereocenters. The molecule has 0 aliphatic rings. The number of anilines is 3. The Morgan fingerprint density at radius 1 is 1.00 bits per heavy atom. The molecule has 34 heavy (non-hydrogen) atoms. The van der Waals surface area contributed by atoms with E-state index in [1.165, 1.54) is 18.6 Å². The van der Waals surface area contributed by atoms with Gasteiger partial charge in [-0.1, -0.05) is 0 Å². The van der Waals surface area contributed by atoms with Gasteiger partial charge in [0.05, 0.1) is 17.6 Å². The van der Waals surface area contributed by atoms with Gasteiger partial charge in [-0.15, -0.1) is 0 Å². The summed E-state index contributed by atoms with van der Waals surface area (Å²) in [5, 5.41) is 6.23. The van der Waals surface area contributed by atoms with Crippen LogP contribution in [0.2, 0.25) is 0 Å². The van der Waals surface area contributed by atoms with Gasteiger partial charge < -0.3 is 27.8 Å². The zero-order chi connectivity index (χ0) is 24.8. The Hall–Kier alpha value is -4.28. The van der Waals surface area contributed by atoms with Crippen molar-refractivity contribution in [3.05, 3.63) is 42.1 Å². The van der Waals surface area contributed by atoms with Gasteiger partial charge in [0.2, 0.25) is 17.7 Å². The van der Waals surface area contributed by atoms with Crippen LogP contribution < -0.4 is 27.8 Å². The van der Waals surface area contributed by atoms with Gasteiger partial charge in [-0.25, -0.2) is 9.37 Å². The average molecular weight is 468 g/mol. The zero-order valence-electron chi connectivity index (χ0n) is 18.7. The number of nitrogens with one attached hydrogen (secondary N) is 2. The number of nitrogens with two attached hydrogens (primary N) is 3. The van der Waals surface area contributed by atoms with Crippen LogP contribution in [0.3, 0.4) is 0 Å². The van der Waals surface area contributed by atoms with Gasteiger partial charge >= 0.3 is 0 Å². The summed E-state index contributed by atoms with van der Waals surface area (Å²) in [5.74, 6) is -1.45. The number of rotatable bonds is 9. The Balaban J connectivity index is 1.70. The van der Waals surface area contributed by atoms with Crippen molar-refractivity contribution in [1.82, 2.24) is 15.3 Å². The zero-order valence-corrected chi connectivity index (χ0v) is 18.7. The summed E-state index contributed by atoms with van der Waals surface area (Å²) in [6, 6.07) is 3.19. The Kier molecular flexibility index (Phi) is 7.57. The van der Waals surface area contributed by atoms with Crippen LogP contribution in [0.4, 0.5) is 21.6 Å². The first-order chi connectivity index (χ1) is 16.2. The minimum absolute atomic E-state index is 0.0201. The van der Waals surface area contributed by atoms with E-state index in [2.05, 4.69) is 20.6 Å². The van der Waals surface area contributed by atoms with E-state index in [0.29, 0.717) is 34.0 Å². The molecule has 0 radical (unpaired) electrons. The molecule has 0 saturated heterocycles. The fourth-order valence-electron chi connectivity index (χ4n) is 3.41. The topological polar surface area (TPSA) is 179 Å². The quantitative estimate of drug-likeness (QED) is 0.298. The van der Waals surface area contributed by atoms with E-state index in [4.69, 9.17) is 17.2 Å². The van der Waals surface area contributed by atoms with Crippen LogP contribution in [0.1, 0.15) is 31.2 Å². The van der Waals surface area contributed by atoms with E-state index in [1.54, 1.807) is 19.1 Å². The van der Waals surface area contributed by atoms with E-state index >= 15 is 4.39 Å². The summed E-state index contributed by atoms with van der Waals surface area (Å²) in [4.78, 5) is 42.8. The summed E-state index contributed by atoms with van der Waals surface area (Å²) >= 11 is 0.